The third-order valence-electron chi connectivity index (χ3n) is 2.33. The van der Waals surface area contributed by atoms with Crippen LogP contribution in [0.4, 0.5) is 0 Å². The number of thioether (sulfide) groups is 1. The molecule has 92 valence electrons. The van der Waals surface area contributed by atoms with Crippen molar-refractivity contribution in [2.24, 2.45) is 0 Å². The summed E-state index contributed by atoms with van der Waals surface area (Å²) in [5, 5.41) is 1.24. The molecule has 0 aliphatic carbocycles. The van der Waals surface area contributed by atoms with Gasteiger partial charge in [0.2, 0.25) is 0 Å². The molecule has 0 N–H and O–H groups in total. The van der Waals surface area contributed by atoms with E-state index in [0.29, 0.717) is 15.0 Å². The van der Waals surface area contributed by atoms with Crippen LogP contribution in [0.3, 0.4) is 0 Å². The van der Waals surface area contributed by atoms with E-state index in [0.717, 1.165) is 0 Å². The Labute approximate surface area is 120 Å². The van der Waals surface area contributed by atoms with E-state index in [9.17, 15) is 0 Å². The van der Waals surface area contributed by atoms with E-state index in [-0.39, 0.29) is 0 Å². The topological polar surface area (TPSA) is 0 Å². The summed E-state index contributed by atoms with van der Waals surface area (Å²) >= 11 is 2.46. The van der Waals surface area contributed by atoms with Crippen LogP contribution >= 0.6 is 11.8 Å². The van der Waals surface area contributed by atoms with Crippen LogP contribution in [-0.2, 0) is 0 Å². The van der Waals surface area contributed by atoms with Gasteiger partial charge < -0.3 is 0 Å². The van der Waals surface area contributed by atoms with Crippen molar-refractivity contribution >= 4 is 32.8 Å². The zero-order chi connectivity index (χ0) is 12.6. The first-order valence-electron chi connectivity index (χ1n) is 6.01. The Bertz CT molecular complexity index is 491. The van der Waals surface area contributed by atoms with Gasteiger partial charge in [-0.25, -0.2) is 0 Å². The monoisotopic (exact) mass is 320 g/mol. The second-order valence-electron chi connectivity index (χ2n) is 3.72. The molecule has 0 amide bonds. The molecule has 0 fully saturated rings. The van der Waals surface area contributed by atoms with Crippen molar-refractivity contribution < 1.29 is 0 Å². The van der Waals surface area contributed by atoms with Gasteiger partial charge in [-0.15, -0.1) is 0 Å². The Balaban J connectivity index is 2.16. The molecule has 0 aliphatic rings. The molecular weight excluding hydrogens is 303 g/mol. The summed E-state index contributed by atoms with van der Waals surface area (Å²) in [4.78, 5) is 1.33. The third kappa shape index (κ3) is 4.38. The Hall–Kier alpha value is -0.951. The minimum atomic E-state index is 0.566. The van der Waals surface area contributed by atoms with E-state index in [1.807, 2.05) is 11.8 Å². The second-order valence-corrected chi connectivity index (χ2v) is 8.16. The Morgan fingerprint density at radius 3 is 2.22 bits per heavy atom. The predicted octanol–water partition coefficient (Wildman–Crippen LogP) is 4.92. The molecule has 0 saturated heterocycles. The quantitative estimate of drug-likeness (QED) is 0.557. The van der Waals surface area contributed by atoms with E-state index in [1.165, 1.54) is 19.6 Å². The standard InChI is InChI=1S/C16H16SSe/c1-2-18-16(13-14-9-5-3-6-10-14)17-15-11-7-4-8-12-15/h3-13H,2H2,1H3/b16-13-. The second kappa shape index (κ2) is 7.48. The zero-order valence-corrected chi connectivity index (χ0v) is 12.9. The van der Waals surface area contributed by atoms with Crippen LogP contribution < -0.4 is 0 Å². The molecule has 2 heteroatoms. The van der Waals surface area contributed by atoms with Gasteiger partial charge in [-0.2, -0.15) is 0 Å². The summed E-state index contributed by atoms with van der Waals surface area (Å²) in [6.45, 7) is 2.25. The Morgan fingerprint density at radius 2 is 1.61 bits per heavy atom. The molecule has 0 unspecified atom stereocenters. The number of hydrogen-bond acceptors (Lipinski definition) is 1. The molecule has 0 spiro atoms. The van der Waals surface area contributed by atoms with E-state index in [4.69, 9.17) is 0 Å². The van der Waals surface area contributed by atoms with Crippen molar-refractivity contribution in [1.82, 2.24) is 0 Å². The van der Waals surface area contributed by atoms with E-state index in [1.54, 1.807) is 0 Å². The van der Waals surface area contributed by atoms with Crippen LogP contribution in [0.2, 0.25) is 5.32 Å². The first-order valence-corrected chi connectivity index (χ1v) is 8.89. The summed E-state index contributed by atoms with van der Waals surface area (Å²) in [6, 6.07) is 21.2. The van der Waals surface area contributed by atoms with Gasteiger partial charge in [-0.1, -0.05) is 0 Å². The molecule has 0 saturated carbocycles. The molecule has 0 heterocycles. The molecule has 0 aliphatic heterocycles. The van der Waals surface area contributed by atoms with Gasteiger partial charge in [0, 0.05) is 0 Å². The van der Waals surface area contributed by atoms with Crippen molar-refractivity contribution in [2.75, 3.05) is 0 Å². The van der Waals surface area contributed by atoms with E-state index >= 15 is 0 Å². The van der Waals surface area contributed by atoms with Crippen LogP contribution in [0.15, 0.2) is 69.4 Å². The van der Waals surface area contributed by atoms with E-state index in [2.05, 4.69) is 73.7 Å². The Morgan fingerprint density at radius 1 is 1.00 bits per heavy atom. The maximum atomic E-state index is 2.32. The molecule has 0 aromatic heterocycles. The van der Waals surface area contributed by atoms with Crippen molar-refractivity contribution in [2.45, 2.75) is 17.1 Å². The molecule has 2 aromatic rings. The minimum absolute atomic E-state index is 0.566. The van der Waals surface area contributed by atoms with Crippen molar-refractivity contribution in [3.8, 4) is 0 Å². The summed E-state index contributed by atoms with van der Waals surface area (Å²) in [5.74, 6) is 0. The van der Waals surface area contributed by atoms with Crippen LogP contribution in [-0.4, -0.2) is 15.0 Å². The van der Waals surface area contributed by atoms with Crippen molar-refractivity contribution in [1.29, 1.82) is 0 Å². The average molecular weight is 319 g/mol. The fourth-order valence-corrected chi connectivity index (χ4v) is 4.96. The van der Waals surface area contributed by atoms with Crippen molar-refractivity contribution in [3.63, 3.8) is 0 Å². The SMILES string of the molecule is CC[Se]/C(=C\c1ccccc1)Sc1ccccc1. The number of rotatable bonds is 5. The van der Waals surface area contributed by atoms with Gasteiger partial charge >= 0.3 is 120 Å². The molecular formula is C16H16SSe. The van der Waals surface area contributed by atoms with Gasteiger partial charge in [0.15, 0.2) is 0 Å². The molecule has 0 bridgehead atoms. The van der Waals surface area contributed by atoms with Crippen LogP contribution in [0.5, 0.6) is 0 Å². The maximum absolute atomic E-state index is 2.32. The first-order chi connectivity index (χ1) is 8.88. The van der Waals surface area contributed by atoms with E-state index < -0.39 is 0 Å². The van der Waals surface area contributed by atoms with Gasteiger partial charge in [0.05, 0.1) is 0 Å². The average Bonchev–Trinajstić information content (AvgIpc) is 2.41. The first kappa shape index (κ1) is 13.5. The summed E-state index contributed by atoms with van der Waals surface area (Å²) in [5.41, 5.74) is 1.30. The normalized spacial score (nSPS) is 11.5. The molecule has 0 radical (unpaired) electrons. The molecule has 0 nitrogen and oxygen atoms in total. The van der Waals surface area contributed by atoms with Crippen LogP contribution in [0, 0.1) is 0 Å². The van der Waals surface area contributed by atoms with Gasteiger partial charge in [0.1, 0.15) is 0 Å². The van der Waals surface area contributed by atoms with Gasteiger partial charge in [-0.3, -0.25) is 0 Å². The summed E-state index contributed by atoms with van der Waals surface area (Å²) < 4.78 is 1.49. The predicted molar refractivity (Wildman–Crippen MR) is 83.0 cm³/mol. The number of hydrogen-bond donors (Lipinski definition) is 0. The summed E-state index contributed by atoms with van der Waals surface area (Å²) in [7, 11) is 0. The van der Waals surface area contributed by atoms with Crippen molar-refractivity contribution in [3.05, 3.63) is 70.0 Å². The molecule has 18 heavy (non-hydrogen) atoms. The number of benzene rings is 2. The zero-order valence-electron chi connectivity index (χ0n) is 10.4. The Kier molecular flexibility index (Phi) is 5.60. The fourth-order valence-electron chi connectivity index (χ4n) is 1.53. The molecule has 0 atom stereocenters. The van der Waals surface area contributed by atoms with Crippen LogP contribution in [0.1, 0.15) is 12.5 Å². The molecule has 2 rings (SSSR count). The fraction of sp³-hybridized carbons (Fsp3) is 0.125. The van der Waals surface area contributed by atoms with Crippen LogP contribution in [0.25, 0.3) is 6.08 Å². The van der Waals surface area contributed by atoms with Gasteiger partial charge in [0.25, 0.3) is 0 Å². The molecule has 2 aromatic carbocycles. The van der Waals surface area contributed by atoms with Gasteiger partial charge in [-0.05, 0) is 0 Å². The summed E-state index contributed by atoms with van der Waals surface area (Å²) in [6.07, 6.45) is 2.32. The third-order valence-corrected chi connectivity index (χ3v) is 5.75.